The maximum atomic E-state index is 5.84. The fourth-order valence-corrected chi connectivity index (χ4v) is 3.66. The van der Waals surface area contributed by atoms with Crippen molar-refractivity contribution in [2.45, 2.75) is 64.0 Å². The summed E-state index contributed by atoms with van der Waals surface area (Å²) < 4.78 is 0. The van der Waals surface area contributed by atoms with Gasteiger partial charge in [-0.25, -0.2) is 0 Å². The molecule has 2 aliphatic rings. The van der Waals surface area contributed by atoms with Crippen molar-refractivity contribution in [1.29, 1.82) is 0 Å². The minimum Gasteiger partial charge on any atom is -0.296 e. The van der Waals surface area contributed by atoms with Crippen molar-refractivity contribution in [3.8, 4) is 0 Å². The van der Waals surface area contributed by atoms with Gasteiger partial charge in [0.1, 0.15) is 0 Å². The topological polar surface area (TPSA) is 41.3 Å². The number of hydrazine groups is 1. The molecular weight excluding hydrogens is 198 g/mol. The second kappa shape index (κ2) is 5.03. The molecule has 0 amide bonds. The normalized spacial score (nSPS) is 24.9. The maximum absolute atomic E-state index is 5.84. The molecular formula is C13H27N3. The highest BCUT2D eigenvalue weighted by molar-refractivity contribution is 5.05. The van der Waals surface area contributed by atoms with E-state index in [1.165, 1.54) is 51.6 Å². The van der Waals surface area contributed by atoms with Crippen LogP contribution >= 0.6 is 0 Å². The number of hydrogen-bond donors (Lipinski definition) is 2. The van der Waals surface area contributed by atoms with Crippen LogP contribution in [0.1, 0.15) is 52.4 Å². The average Bonchev–Trinajstić information content (AvgIpc) is 2.99. The van der Waals surface area contributed by atoms with Crippen LogP contribution in [0.5, 0.6) is 0 Å². The van der Waals surface area contributed by atoms with E-state index in [1.807, 2.05) is 0 Å². The summed E-state index contributed by atoms with van der Waals surface area (Å²) >= 11 is 0. The molecule has 0 bridgehead atoms. The van der Waals surface area contributed by atoms with Gasteiger partial charge < -0.3 is 0 Å². The van der Waals surface area contributed by atoms with Crippen LogP contribution in [-0.4, -0.2) is 29.6 Å². The van der Waals surface area contributed by atoms with E-state index in [0.717, 1.165) is 5.92 Å². The van der Waals surface area contributed by atoms with Crippen LogP contribution in [0.25, 0.3) is 0 Å². The van der Waals surface area contributed by atoms with Crippen LogP contribution in [-0.2, 0) is 0 Å². The Morgan fingerprint density at radius 2 is 1.81 bits per heavy atom. The second-order valence-corrected chi connectivity index (χ2v) is 5.49. The Labute approximate surface area is 99.7 Å². The van der Waals surface area contributed by atoms with Gasteiger partial charge in [-0.15, -0.1) is 0 Å². The molecule has 0 spiro atoms. The predicted molar refractivity (Wildman–Crippen MR) is 68.0 cm³/mol. The Balaban J connectivity index is 2.16. The lowest BCUT2D eigenvalue weighted by Gasteiger charge is -2.47. The third-order valence-corrected chi connectivity index (χ3v) is 4.81. The summed E-state index contributed by atoms with van der Waals surface area (Å²) in [5.74, 6) is 6.67. The number of nitrogens with zero attached hydrogens (tertiary/aromatic N) is 1. The molecule has 2 rings (SSSR count). The first-order chi connectivity index (χ1) is 7.78. The van der Waals surface area contributed by atoms with Crippen molar-refractivity contribution < 1.29 is 0 Å². The highest BCUT2D eigenvalue weighted by atomic mass is 15.3. The van der Waals surface area contributed by atoms with Gasteiger partial charge in [0, 0.05) is 11.6 Å². The first-order valence-electron chi connectivity index (χ1n) is 6.99. The lowest BCUT2D eigenvalue weighted by atomic mass is 9.80. The van der Waals surface area contributed by atoms with Crippen molar-refractivity contribution in [2.75, 3.05) is 13.1 Å². The molecule has 2 fully saturated rings. The summed E-state index contributed by atoms with van der Waals surface area (Å²) in [6.07, 6.45) is 7.89. The van der Waals surface area contributed by atoms with Crippen molar-refractivity contribution in [3.05, 3.63) is 0 Å². The largest absolute Gasteiger partial charge is 0.296 e. The first kappa shape index (κ1) is 12.3. The Morgan fingerprint density at radius 1 is 1.25 bits per heavy atom. The molecule has 3 heteroatoms. The Hall–Kier alpha value is -0.120. The van der Waals surface area contributed by atoms with E-state index in [-0.39, 0.29) is 0 Å². The Bertz CT molecular complexity index is 215. The molecule has 0 aromatic rings. The van der Waals surface area contributed by atoms with E-state index in [0.29, 0.717) is 11.6 Å². The quantitative estimate of drug-likeness (QED) is 0.536. The Morgan fingerprint density at radius 3 is 2.19 bits per heavy atom. The minimum atomic E-state index is 0.312. The van der Waals surface area contributed by atoms with Crippen LogP contribution in [0.2, 0.25) is 0 Å². The van der Waals surface area contributed by atoms with Crippen LogP contribution in [0.4, 0.5) is 0 Å². The summed E-state index contributed by atoms with van der Waals surface area (Å²) in [4.78, 5) is 2.70. The van der Waals surface area contributed by atoms with Crippen LogP contribution < -0.4 is 11.3 Å². The Kier molecular flexibility index (Phi) is 3.88. The van der Waals surface area contributed by atoms with Gasteiger partial charge in [-0.3, -0.25) is 16.2 Å². The molecule has 3 N–H and O–H groups in total. The van der Waals surface area contributed by atoms with Gasteiger partial charge in [0.15, 0.2) is 0 Å². The lowest BCUT2D eigenvalue weighted by molar-refractivity contribution is 0.0533. The lowest BCUT2D eigenvalue weighted by Crippen LogP contribution is -2.62. The highest BCUT2D eigenvalue weighted by Gasteiger charge is 2.47. The summed E-state index contributed by atoms with van der Waals surface area (Å²) in [6.45, 7) is 7.20. The van der Waals surface area contributed by atoms with E-state index in [9.17, 15) is 0 Å². The third kappa shape index (κ3) is 2.01. The molecule has 0 radical (unpaired) electrons. The molecule has 1 heterocycles. The molecule has 1 unspecified atom stereocenters. The van der Waals surface area contributed by atoms with E-state index in [2.05, 4.69) is 24.2 Å². The van der Waals surface area contributed by atoms with E-state index < -0.39 is 0 Å². The number of hydrogen-bond acceptors (Lipinski definition) is 3. The predicted octanol–water partition coefficient (Wildman–Crippen LogP) is 1.88. The monoisotopic (exact) mass is 225 g/mol. The van der Waals surface area contributed by atoms with E-state index in [4.69, 9.17) is 5.84 Å². The zero-order chi connectivity index (χ0) is 11.6. The standard InChI is InChI=1S/C13H27N3/c1-3-13(4-2,16-9-5-6-10-16)12(15-14)11-7-8-11/h11-12,15H,3-10,14H2,1-2H3. The van der Waals surface area contributed by atoms with E-state index >= 15 is 0 Å². The molecule has 0 aromatic carbocycles. The molecule has 1 saturated carbocycles. The SMILES string of the molecule is CCC(CC)(C(NN)C1CC1)N1CCCC1. The van der Waals surface area contributed by atoms with Gasteiger partial charge in [-0.1, -0.05) is 13.8 Å². The maximum Gasteiger partial charge on any atom is 0.0422 e. The molecule has 0 aromatic heterocycles. The first-order valence-corrected chi connectivity index (χ1v) is 6.99. The van der Waals surface area contributed by atoms with Gasteiger partial charge >= 0.3 is 0 Å². The van der Waals surface area contributed by atoms with Crippen molar-refractivity contribution >= 4 is 0 Å². The van der Waals surface area contributed by atoms with E-state index in [1.54, 1.807) is 0 Å². The fourth-order valence-electron chi connectivity index (χ4n) is 3.66. The smallest absolute Gasteiger partial charge is 0.0422 e. The second-order valence-electron chi connectivity index (χ2n) is 5.49. The molecule has 1 saturated heterocycles. The minimum absolute atomic E-state index is 0.312. The van der Waals surface area contributed by atoms with Crippen LogP contribution in [0.3, 0.4) is 0 Å². The number of likely N-dealkylation sites (tertiary alicyclic amines) is 1. The summed E-state index contributed by atoms with van der Waals surface area (Å²) in [6, 6.07) is 0.501. The summed E-state index contributed by atoms with van der Waals surface area (Å²) in [7, 11) is 0. The summed E-state index contributed by atoms with van der Waals surface area (Å²) in [5, 5.41) is 0. The molecule has 94 valence electrons. The number of rotatable bonds is 6. The summed E-state index contributed by atoms with van der Waals surface area (Å²) in [5.41, 5.74) is 3.45. The van der Waals surface area contributed by atoms with Crippen LogP contribution in [0, 0.1) is 5.92 Å². The zero-order valence-electron chi connectivity index (χ0n) is 10.8. The highest BCUT2D eigenvalue weighted by Crippen LogP contribution is 2.42. The van der Waals surface area contributed by atoms with Crippen LogP contribution in [0.15, 0.2) is 0 Å². The molecule has 1 aliphatic heterocycles. The molecule has 1 atom stereocenters. The van der Waals surface area contributed by atoms with Crippen molar-refractivity contribution in [3.63, 3.8) is 0 Å². The average molecular weight is 225 g/mol. The van der Waals surface area contributed by atoms with Gasteiger partial charge in [0.05, 0.1) is 0 Å². The third-order valence-electron chi connectivity index (χ3n) is 4.81. The fraction of sp³-hybridized carbons (Fsp3) is 1.00. The van der Waals surface area contributed by atoms with Gasteiger partial charge in [0.2, 0.25) is 0 Å². The molecule has 3 nitrogen and oxygen atoms in total. The molecule has 1 aliphatic carbocycles. The number of nitrogens with two attached hydrogens (primary N) is 1. The molecule has 16 heavy (non-hydrogen) atoms. The van der Waals surface area contributed by atoms with Gasteiger partial charge in [-0.05, 0) is 57.5 Å². The van der Waals surface area contributed by atoms with Gasteiger partial charge in [-0.2, -0.15) is 0 Å². The van der Waals surface area contributed by atoms with Crippen molar-refractivity contribution in [1.82, 2.24) is 10.3 Å². The van der Waals surface area contributed by atoms with Crippen molar-refractivity contribution in [2.24, 2.45) is 11.8 Å². The zero-order valence-corrected chi connectivity index (χ0v) is 10.8. The number of nitrogens with one attached hydrogen (secondary N) is 1. The van der Waals surface area contributed by atoms with Gasteiger partial charge in [0.25, 0.3) is 0 Å².